The first-order valence-corrected chi connectivity index (χ1v) is 10.6. The lowest BCUT2D eigenvalue weighted by Crippen LogP contribution is -2.12. The highest BCUT2D eigenvalue weighted by molar-refractivity contribution is 7.14. The molecule has 3 rings (SSSR count). The molecule has 6 nitrogen and oxygen atoms in total. The largest absolute Gasteiger partial charge is 0.493 e. The summed E-state index contributed by atoms with van der Waals surface area (Å²) >= 11 is 3.21. The molecule has 0 N–H and O–H groups in total. The Morgan fingerprint density at radius 3 is 2.41 bits per heavy atom. The van der Waals surface area contributed by atoms with E-state index in [1.54, 1.807) is 50.2 Å². The number of rotatable bonds is 8. The second-order valence-corrected chi connectivity index (χ2v) is 7.95. The molecule has 0 spiro atoms. The van der Waals surface area contributed by atoms with Crippen LogP contribution in [0.4, 0.5) is 0 Å². The van der Waals surface area contributed by atoms with Crippen LogP contribution in [0.15, 0.2) is 57.3 Å². The van der Waals surface area contributed by atoms with Crippen molar-refractivity contribution in [3.8, 4) is 27.8 Å². The molecule has 8 heteroatoms. The zero-order valence-electron chi connectivity index (χ0n) is 16.8. The summed E-state index contributed by atoms with van der Waals surface area (Å²) in [5.41, 5.74) is 2.81. The summed E-state index contributed by atoms with van der Waals surface area (Å²) in [6.07, 6.45) is 1.76. The quantitative estimate of drug-likeness (QED) is 0.386. The molecule has 0 atom stereocenters. The van der Waals surface area contributed by atoms with Crippen molar-refractivity contribution in [2.24, 2.45) is 10.1 Å². The molecule has 0 radical (unpaired) electrons. The van der Waals surface area contributed by atoms with Crippen LogP contribution >= 0.6 is 22.7 Å². The number of thiazole rings is 1. The minimum absolute atomic E-state index is 0.548. The highest BCUT2D eigenvalue weighted by atomic mass is 32.1. The van der Waals surface area contributed by atoms with Gasteiger partial charge in [-0.15, -0.1) is 22.7 Å². The van der Waals surface area contributed by atoms with Crippen LogP contribution in [0.5, 0.6) is 17.2 Å². The van der Waals surface area contributed by atoms with E-state index in [0.29, 0.717) is 23.8 Å². The average Bonchev–Trinajstić information content (AvgIpc) is 3.39. The van der Waals surface area contributed by atoms with Gasteiger partial charge in [0.15, 0.2) is 11.5 Å². The van der Waals surface area contributed by atoms with E-state index in [0.717, 1.165) is 26.5 Å². The van der Waals surface area contributed by atoms with Gasteiger partial charge in [-0.1, -0.05) is 18.2 Å². The maximum absolute atomic E-state index is 5.43. The van der Waals surface area contributed by atoms with Crippen molar-refractivity contribution in [2.75, 3.05) is 27.9 Å². The highest BCUT2D eigenvalue weighted by Gasteiger charge is 2.13. The Hall–Kier alpha value is -2.84. The molecule has 0 bridgehead atoms. The van der Waals surface area contributed by atoms with Crippen molar-refractivity contribution in [1.82, 2.24) is 4.68 Å². The molecule has 0 aliphatic heterocycles. The first-order chi connectivity index (χ1) is 14.1. The van der Waals surface area contributed by atoms with Crippen molar-refractivity contribution in [2.45, 2.75) is 6.92 Å². The molecule has 1 aromatic carbocycles. The second-order valence-electron chi connectivity index (χ2n) is 6.17. The van der Waals surface area contributed by atoms with Crippen molar-refractivity contribution in [3.05, 3.63) is 57.5 Å². The fraction of sp³-hybridized carbons (Fsp3) is 0.238. The van der Waals surface area contributed by atoms with E-state index in [4.69, 9.17) is 19.3 Å². The van der Waals surface area contributed by atoms with Gasteiger partial charge in [-0.05, 0) is 30.5 Å². The molecular weight excluding hydrogens is 406 g/mol. The number of nitrogens with zero attached hydrogens (tertiary/aromatic N) is 3. The Bertz CT molecular complexity index is 1050. The first-order valence-electron chi connectivity index (χ1n) is 8.81. The smallest absolute Gasteiger partial charge is 0.206 e. The van der Waals surface area contributed by atoms with Crippen LogP contribution in [0.25, 0.3) is 10.6 Å². The van der Waals surface area contributed by atoms with E-state index in [2.05, 4.69) is 23.0 Å². The van der Waals surface area contributed by atoms with Crippen molar-refractivity contribution >= 4 is 28.9 Å². The molecule has 3 aromatic rings. The van der Waals surface area contributed by atoms with Gasteiger partial charge in [0.1, 0.15) is 0 Å². The first kappa shape index (κ1) is 20.9. The Morgan fingerprint density at radius 1 is 1.14 bits per heavy atom. The van der Waals surface area contributed by atoms with Crippen molar-refractivity contribution in [3.63, 3.8) is 0 Å². The van der Waals surface area contributed by atoms with Gasteiger partial charge in [0.2, 0.25) is 10.6 Å². The monoisotopic (exact) mass is 429 g/mol. The highest BCUT2D eigenvalue weighted by Crippen LogP contribution is 2.37. The van der Waals surface area contributed by atoms with Crippen molar-refractivity contribution in [1.29, 1.82) is 0 Å². The lowest BCUT2D eigenvalue weighted by molar-refractivity contribution is 0.324. The Morgan fingerprint density at radius 2 is 1.86 bits per heavy atom. The zero-order chi connectivity index (χ0) is 20.8. The summed E-state index contributed by atoms with van der Waals surface area (Å²) in [5, 5.41) is 8.82. The number of hydrogen-bond acceptors (Lipinski definition) is 7. The minimum atomic E-state index is 0.548. The molecule has 0 saturated heterocycles. The summed E-state index contributed by atoms with van der Waals surface area (Å²) in [6.45, 7) is 6.45. The van der Waals surface area contributed by atoms with Crippen molar-refractivity contribution < 1.29 is 14.2 Å². The maximum atomic E-state index is 5.43. The molecule has 0 amide bonds. The summed E-state index contributed by atoms with van der Waals surface area (Å²) in [4.78, 5) is 6.58. The Balaban J connectivity index is 2.07. The zero-order valence-corrected chi connectivity index (χ0v) is 18.5. The third-order valence-corrected chi connectivity index (χ3v) is 5.70. The number of methoxy groups -OCH3 is 3. The number of aromatic nitrogens is 1. The number of benzene rings is 1. The molecule has 0 unspecified atom stereocenters. The van der Waals surface area contributed by atoms with Gasteiger partial charge in [0.05, 0.1) is 44.7 Å². The summed E-state index contributed by atoms with van der Waals surface area (Å²) < 4.78 is 18.1. The standard InChI is InChI=1S/C21H23N3O3S2/c1-14(2)11-22-21-24(16(13-29-21)19-7-6-8-28-19)23-12-15-9-17(25-3)20(27-5)18(10-15)26-4/h6-10,12-13H,1,11H2,2-5H3. The van der Waals surface area contributed by atoms with E-state index in [9.17, 15) is 0 Å². The topological polar surface area (TPSA) is 57.3 Å². The van der Waals surface area contributed by atoms with Crippen LogP contribution in [-0.4, -0.2) is 38.8 Å². The fourth-order valence-corrected chi connectivity index (χ4v) is 4.25. The van der Waals surface area contributed by atoms with Gasteiger partial charge in [-0.25, -0.2) is 4.68 Å². The van der Waals surface area contributed by atoms with Gasteiger partial charge in [-0.3, -0.25) is 4.99 Å². The van der Waals surface area contributed by atoms with Crippen LogP contribution in [0.1, 0.15) is 12.5 Å². The van der Waals surface area contributed by atoms with Gasteiger partial charge in [0.25, 0.3) is 0 Å². The molecule has 29 heavy (non-hydrogen) atoms. The summed E-state index contributed by atoms with van der Waals surface area (Å²) in [5.74, 6) is 1.70. The van der Waals surface area contributed by atoms with Crippen LogP contribution in [-0.2, 0) is 0 Å². The van der Waals surface area contributed by atoms with E-state index >= 15 is 0 Å². The number of thiophene rings is 1. The number of ether oxygens (including phenoxy) is 3. The molecule has 0 aliphatic carbocycles. The van der Waals surface area contributed by atoms with Crippen LogP contribution < -0.4 is 19.0 Å². The normalized spacial score (nSPS) is 11.8. The molecular formula is C21H23N3O3S2. The van der Waals surface area contributed by atoms with Gasteiger partial charge >= 0.3 is 0 Å². The maximum Gasteiger partial charge on any atom is 0.206 e. The molecule has 0 aliphatic rings. The minimum Gasteiger partial charge on any atom is -0.493 e. The van der Waals surface area contributed by atoms with Crippen LogP contribution in [0.3, 0.4) is 0 Å². The lowest BCUT2D eigenvalue weighted by Gasteiger charge is -2.12. The van der Waals surface area contributed by atoms with E-state index in [1.165, 1.54) is 0 Å². The molecule has 0 fully saturated rings. The van der Waals surface area contributed by atoms with E-state index < -0.39 is 0 Å². The predicted octanol–water partition coefficient (Wildman–Crippen LogP) is 4.66. The molecule has 2 heterocycles. The summed E-state index contributed by atoms with van der Waals surface area (Å²) in [6, 6.07) is 7.80. The predicted molar refractivity (Wildman–Crippen MR) is 120 cm³/mol. The SMILES string of the molecule is C=C(C)CN=c1scc(-c2cccs2)n1N=Cc1cc(OC)c(OC)c(OC)c1. The fourth-order valence-electron chi connectivity index (χ4n) is 2.62. The van der Waals surface area contributed by atoms with E-state index in [-0.39, 0.29) is 0 Å². The van der Waals surface area contributed by atoms with Gasteiger partial charge < -0.3 is 14.2 Å². The number of hydrogen-bond donors (Lipinski definition) is 0. The molecule has 2 aromatic heterocycles. The molecule has 152 valence electrons. The van der Waals surface area contributed by atoms with Crippen LogP contribution in [0, 0.1) is 0 Å². The second kappa shape index (κ2) is 9.58. The third kappa shape index (κ3) is 4.78. The van der Waals surface area contributed by atoms with E-state index in [1.807, 2.05) is 35.2 Å². The Labute approximate surface area is 178 Å². The lowest BCUT2D eigenvalue weighted by atomic mass is 10.2. The molecule has 0 saturated carbocycles. The van der Waals surface area contributed by atoms with Gasteiger partial charge in [0, 0.05) is 10.9 Å². The van der Waals surface area contributed by atoms with Gasteiger partial charge in [-0.2, -0.15) is 5.10 Å². The summed E-state index contributed by atoms with van der Waals surface area (Å²) in [7, 11) is 4.77. The Kier molecular flexibility index (Phi) is 6.90. The third-order valence-electron chi connectivity index (χ3n) is 3.95. The average molecular weight is 430 g/mol. The van der Waals surface area contributed by atoms with Crippen LogP contribution in [0.2, 0.25) is 0 Å².